The maximum Gasteiger partial charge on any atom is 0.226 e. The minimum absolute atomic E-state index is 0.0394. The van der Waals surface area contributed by atoms with Crippen molar-refractivity contribution >= 4 is 17.3 Å². The molecule has 0 amide bonds. The molecule has 0 saturated heterocycles. The predicted molar refractivity (Wildman–Crippen MR) is 62.7 cm³/mol. The van der Waals surface area contributed by atoms with Crippen LogP contribution in [0.3, 0.4) is 0 Å². The van der Waals surface area contributed by atoms with Crippen LogP contribution in [0.4, 0.5) is 0 Å². The summed E-state index contributed by atoms with van der Waals surface area (Å²) >= 11 is 5.75. The molecule has 0 radical (unpaired) electrons. The fraction of sp³-hybridized carbons (Fsp3) is 0. The van der Waals surface area contributed by atoms with Crippen LogP contribution in [0.1, 0.15) is 5.69 Å². The molecule has 2 N–H and O–H groups in total. The Balaban J connectivity index is 2.48. The minimum atomic E-state index is -0.379. The van der Waals surface area contributed by atoms with Crippen molar-refractivity contribution in [3.63, 3.8) is 0 Å². The zero-order valence-corrected chi connectivity index (χ0v) is 9.31. The zero-order valence-electron chi connectivity index (χ0n) is 8.55. The van der Waals surface area contributed by atoms with Crippen LogP contribution < -0.4 is 0 Å². The van der Waals surface area contributed by atoms with E-state index in [1.54, 1.807) is 30.3 Å². The monoisotopic (exact) mass is 246 g/mol. The van der Waals surface area contributed by atoms with E-state index in [1.165, 1.54) is 10.9 Å². The third kappa shape index (κ3) is 1.98. The highest BCUT2D eigenvalue weighted by Gasteiger charge is 2.14. The number of hydrogen-bond acceptors (Lipinski definition) is 4. The average molecular weight is 247 g/mol. The summed E-state index contributed by atoms with van der Waals surface area (Å²) in [6, 6.07) is 8.36. The van der Waals surface area contributed by atoms with E-state index in [0.29, 0.717) is 10.7 Å². The van der Waals surface area contributed by atoms with Crippen molar-refractivity contribution in [2.45, 2.75) is 0 Å². The minimum Gasteiger partial charge on any atom is -0.493 e. The second-order valence-electron chi connectivity index (χ2n) is 3.25. The molecule has 0 aliphatic heterocycles. The third-order valence-electron chi connectivity index (χ3n) is 2.20. The van der Waals surface area contributed by atoms with Gasteiger partial charge < -0.3 is 5.11 Å². The number of rotatable bonds is 2. The summed E-state index contributed by atoms with van der Waals surface area (Å²) < 4.78 is 1.37. The molecule has 84 valence electrons. The van der Waals surface area contributed by atoms with E-state index in [9.17, 15) is 5.11 Å². The average Bonchev–Trinajstić information content (AvgIpc) is 2.71. The predicted octanol–water partition coefficient (Wildman–Crippen LogP) is 2.12. The fourth-order valence-electron chi connectivity index (χ4n) is 1.36. The van der Waals surface area contributed by atoms with Crippen LogP contribution in [0.5, 0.6) is 5.88 Å². The number of hydrogen-bond donors (Lipinski definition) is 2. The van der Waals surface area contributed by atoms with Gasteiger partial charge in [0.05, 0.1) is 5.69 Å². The molecule has 6 heteroatoms. The van der Waals surface area contributed by atoms with Crippen molar-refractivity contribution < 1.29 is 5.11 Å². The van der Waals surface area contributed by atoms with E-state index in [-0.39, 0.29) is 17.3 Å². The molecule has 0 saturated carbocycles. The van der Waals surface area contributed by atoms with E-state index >= 15 is 0 Å². The van der Waals surface area contributed by atoms with E-state index in [1.807, 2.05) is 0 Å². The normalized spacial score (nSPS) is 9.88. The molecule has 0 unspecified atom stereocenters. The molecule has 0 aliphatic rings. The van der Waals surface area contributed by atoms with Crippen LogP contribution in [0, 0.1) is 16.7 Å². The lowest BCUT2D eigenvalue weighted by atomic mass is 10.3. The molecule has 1 heterocycles. The molecule has 0 spiro atoms. The van der Waals surface area contributed by atoms with Crippen LogP contribution >= 0.6 is 11.6 Å². The van der Waals surface area contributed by atoms with Gasteiger partial charge in [0.15, 0.2) is 11.4 Å². The largest absolute Gasteiger partial charge is 0.493 e. The molecule has 0 bridgehead atoms. The van der Waals surface area contributed by atoms with E-state index in [2.05, 4.69) is 4.98 Å². The highest BCUT2D eigenvalue weighted by molar-refractivity contribution is 6.30. The maximum atomic E-state index is 9.83. The quantitative estimate of drug-likeness (QED) is 0.796. The molecule has 2 aromatic rings. The SMILES string of the molecule is N#CC(=N)c1ncn(-c2ccc(Cl)cc2)c1O. The van der Waals surface area contributed by atoms with E-state index in [4.69, 9.17) is 22.3 Å². The summed E-state index contributed by atoms with van der Waals surface area (Å²) in [6.07, 6.45) is 1.35. The number of nitriles is 1. The number of aromatic hydroxyl groups is 1. The van der Waals surface area contributed by atoms with E-state index in [0.717, 1.165) is 0 Å². The standard InChI is InChI=1S/C11H7ClN4O/c12-7-1-3-8(4-2-7)16-6-15-10(11(16)17)9(14)5-13/h1-4,6,14,17H. The van der Waals surface area contributed by atoms with Crippen LogP contribution in [-0.4, -0.2) is 20.4 Å². The summed E-state index contributed by atoms with van der Waals surface area (Å²) in [7, 11) is 0. The first-order chi connectivity index (χ1) is 8.13. The summed E-state index contributed by atoms with van der Waals surface area (Å²) in [5.41, 5.74) is 0.231. The summed E-state index contributed by atoms with van der Waals surface area (Å²) in [6.45, 7) is 0. The fourth-order valence-corrected chi connectivity index (χ4v) is 1.49. The molecule has 0 aliphatic carbocycles. The Kier molecular flexibility index (Phi) is 2.81. The van der Waals surface area contributed by atoms with Crippen LogP contribution in [0.2, 0.25) is 5.02 Å². The smallest absolute Gasteiger partial charge is 0.226 e. The lowest BCUT2D eigenvalue weighted by molar-refractivity contribution is 0.441. The van der Waals surface area contributed by atoms with Gasteiger partial charge in [-0.25, -0.2) is 4.98 Å². The van der Waals surface area contributed by atoms with Crippen LogP contribution in [-0.2, 0) is 0 Å². The highest BCUT2D eigenvalue weighted by atomic mass is 35.5. The molecule has 2 rings (SSSR count). The van der Waals surface area contributed by atoms with E-state index < -0.39 is 0 Å². The molecule has 1 aromatic carbocycles. The molecule has 1 aromatic heterocycles. The summed E-state index contributed by atoms with van der Waals surface area (Å²) in [5.74, 6) is -0.237. The third-order valence-corrected chi connectivity index (χ3v) is 2.45. The van der Waals surface area contributed by atoms with Crippen molar-refractivity contribution in [1.29, 1.82) is 10.7 Å². The van der Waals surface area contributed by atoms with Gasteiger partial charge in [-0.2, -0.15) is 5.26 Å². The number of halogens is 1. The Morgan fingerprint density at radius 3 is 2.65 bits per heavy atom. The molecular formula is C11H7ClN4O. The Hall–Kier alpha value is -2.32. The molecule has 0 atom stereocenters. The van der Waals surface area contributed by atoms with Crippen molar-refractivity contribution in [3.05, 3.63) is 41.3 Å². The number of imidazole rings is 1. The summed E-state index contributed by atoms with van der Waals surface area (Å²) in [5, 5.41) is 26.3. The van der Waals surface area contributed by atoms with Crippen molar-refractivity contribution in [1.82, 2.24) is 9.55 Å². The topological polar surface area (TPSA) is 85.7 Å². The summed E-state index contributed by atoms with van der Waals surface area (Å²) in [4.78, 5) is 3.82. The second kappa shape index (κ2) is 4.28. The highest BCUT2D eigenvalue weighted by Crippen LogP contribution is 2.22. The zero-order chi connectivity index (χ0) is 12.4. The lowest BCUT2D eigenvalue weighted by Gasteiger charge is -2.03. The van der Waals surface area contributed by atoms with Gasteiger partial charge in [0.2, 0.25) is 5.88 Å². The van der Waals surface area contributed by atoms with Crippen LogP contribution in [0.25, 0.3) is 5.69 Å². The van der Waals surface area contributed by atoms with Crippen molar-refractivity contribution in [2.75, 3.05) is 0 Å². The second-order valence-corrected chi connectivity index (χ2v) is 3.69. The van der Waals surface area contributed by atoms with Crippen molar-refractivity contribution in [2.24, 2.45) is 0 Å². The first-order valence-corrected chi connectivity index (χ1v) is 5.02. The Morgan fingerprint density at radius 1 is 1.41 bits per heavy atom. The van der Waals surface area contributed by atoms with Gasteiger partial charge in [0.1, 0.15) is 12.4 Å². The van der Waals surface area contributed by atoms with Crippen molar-refractivity contribution in [3.8, 4) is 17.6 Å². The van der Waals surface area contributed by atoms with Gasteiger partial charge in [0, 0.05) is 5.02 Å². The first-order valence-electron chi connectivity index (χ1n) is 4.64. The van der Waals surface area contributed by atoms with Gasteiger partial charge >= 0.3 is 0 Å². The molecule has 0 fully saturated rings. The van der Waals surface area contributed by atoms with Gasteiger partial charge in [-0.3, -0.25) is 9.98 Å². The maximum absolute atomic E-state index is 9.83. The molecular weight excluding hydrogens is 240 g/mol. The number of aromatic nitrogens is 2. The molecule has 17 heavy (non-hydrogen) atoms. The number of nitrogens with zero attached hydrogens (tertiary/aromatic N) is 3. The Labute approximate surface area is 102 Å². The van der Waals surface area contributed by atoms with Gasteiger partial charge in [0.25, 0.3) is 0 Å². The Morgan fingerprint density at radius 2 is 2.06 bits per heavy atom. The number of benzene rings is 1. The molecule has 5 nitrogen and oxygen atoms in total. The van der Waals surface area contributed by atoms with Gasteiger partial charge in [-0.1, -0.05) is 11.6 Å². The Bertz CT molecular complexity index is 609. The number of nitrogens with one attached hydrogen (secondary N) is 1. The van der Waals surface area contributed by atoms with Gasteiger partial charge in [-0.15, -0.1) is 0 Å². The van der Waals surface area contributed by atoms with Gasteiger partial charge in [-0.05, 0) is 24.3 Å². The van der Waals surface area contributed by atoms with Crippen LogP contribution in [0.15, 0.2) is 30.6 Å². The lowest BCUT2D eigenvalue weighted by Crippen LogP contribution is -1.96. The first kappa shape index (κ1) is 11.2.